The van der Waals surface area contributed by atoms with Crippen molar-refractivity contribution in [3.63, 3.8) is 0 Å². The van der Waals surface area contributed by atoms with Crippen LogP contribution in [0.4, 0.5) is 17.5 Å². The Morgan fingerprint density at radius 2 is 2.03 bits per heavy atom. The smallest absolute Gasteiger partial charge is 0.247 e. The number of nitrogens with one attached hydrogen (secondary N) is 2. The van der Waals surface area contributed by atoms with E-state index in [1.165, 1.54) is 10.7 Å². The number of nitrogens with zero attached hydrogens (tertiary/aromatic N) is 6. The number of imidazole rings is 1. The molecule has 2 aromatic heterocycles. The average molecular weight is 409 g/mol. The molecule has 1 aliphatic rings. The second kappa shape index (κ2) is 6.89. The molecule has 4 rings (SSSR count). The highest BCUT2D eigenvalue weighted by Crippen LogP contribution is 2.36. The Hall–Kier alpha value is -3.40. The molecule has 1 saturated carbocycles. The van der Waals surface area contributed by atoms with Gasteiger partial charge in [0.2, 0.25) is 5.95 Å². The Morgan fingerprint density at radius 3 is 2.66 bits per heavy atom. The number of rotatable bonds is 5. The quantitative estimate of drug-likeness (QED) is 0.586. The van der Waals surface area contributed by atoms with Gasteiger partial charge in [-0.25, -0.2) is 4.98 Å². The highest BCUT2D eigenvalue weighted by molar-refractivity contribution is 6.34. The molecule has 0 bridgehead atoms. The molecule has 10 heteroatoms. The minimum Gasteiger partial charge on any atom is -0.386 e. The van der Waals surface area contributed by atoms with E-state index < -0.39 is 5.60 Å². The molecule has 0 aliphatic heterocycles. The van der Waals surface area contributed by atoms with Gasteiger partial charge in [0.1, 0.15) is 6.07 Å². The van der Waals surface area contributed by atoms with Crippen molar-refractivity contribution in [1.29, 1.82) is 10.5 Å². The van der Waals surface area contributed by atoms with Gasteiger partial charge in [-0.2, -0.15) is 20.0 Å². The summed E-state index contributed by atoms with van der Waals surface area (Å²) in [4.78, 5) is 8.72. The second-order valence-corrected chi connectivity index (χ2v) is 7.75. The van der Waals surface area contributed by atoms with Gasteiger partial charge in [-0.3, -0.25) is 0 Å². The molecule has 1 fully saturated rings. The Labute approximate surface area is 171 Å². The number of benzene rings is 1. The Morgan fingerprint density at radius 1 is 1.28 bits per heavy atom. The van der Waals surface area contributed by atoms with Crippen LogP contribution >= 0.6 is 11.6 Å². The molecular weight excluding hydrogens is 392 g/mol. The summed E-state index contributed by atoms with van der Waals surface area (Å²) in [6.45, 7) is 3.17. The van der Waals surface area contributed by atoms with E-state index in [4.69, 9.17) is 11.6 Å². The van der Waals surface area contributed by atoms with Gasteiger partial charge in [-0.1, -0.05) is 11.6 Å². The zero-order valence-electron chi connectivity index (χ0n) is 15.7. The maximum Gasteiger partial charge on any atom is 0.247 e. The molecule has 0 amide bonds. The number of hydrogen-bond acceptors (Lipinski definition) is 8. The Bertz CT molecular complexity index is 1190. The van der Waals surface area contributed by atoms with E-state index in [0.29, 0.717) is 34.3 Å². The summed E-state index contributed by atoms with van der Waals surface area (Å²) in [5.41, 5.74) is 0.567. The summed E-state index contributed by atoms with van der Waals surface area (Å²) < 4.78 is 1.40. The van der Waals surface area contributed by atoms with Crippen LogP contribution < -0.4 is 10.6 Å². The van der Waals surface area contributed by atoms with Crippen LogP contribution in [0.2, 0.25) is 5.02 Å². The number of fused-ring (bicyclic) bond motifs is 1. The second-order valence-electron chi connectivity index (χ2n) is 7.37. The molecule has 3 aromatic rings. The fraction of sp³-hybridized carbons (Fsp3) is 0.316. The topological polar surface area (TPSA) is 135 Å². The molecular formula is C19H17ClN8O. The Balaban J connectivity index is 1.82. The highest BCUT2D eigenvalue weighted by Gasteiger charge is 2.25. The minimum atomic E-state index is -1.25. The van der Waals surface area contributed by atoms with Crippen molar-refractivity contribution in [1.82, 2.24) is 19.6 Å². The van der Waals surface area contributed by atoms with E-state index in [-0.39, 0.29) is 16.7 Å². The predicted octanol–water partition coefficient (Wildman–Crippen LogP) is 3.07. The first-order valence-corrected chi connectivity index (χ1v) is 9.34. The van der Waals surface area contributed by atoms with E-state index >= 15 is 0 Å². The average Bonchev–Trinajstić information content (AvgIpc) is 3.38. The number of halogens is 1. The third-order valence-electron chi connectivity index (χ3n) is 4.50. The molecule has 1 aromatic carbocycles. The molecule has 2 heterocycles. The largest absolute Gasteiger partial charge is 0.386 e. The van der Waals surface area contributed by atoms with Crippen molar-refractivity contribution in [3.05, 3.63) is 40.2 Å². The molecule has 0 unspecified atom stereocenters. The van der Waals surface area contributed by atoms with Crippen LogP contribution in [0.1, 0.15) is 43.5 Å². The molecule has 1 aliphatic carbocycles. The zero-order valence-corrected chi connectivity index (χ0v) is 16.5. The fourth-order valence-corrected chi connectivity index (χ4v) is 3.26. The number of hydrogen-bond donors (Lipinski definition) is 3. The predicted molar refractivity (Wildman–Crippen MR) is 107 cm³/mol. The van der Waals surface area contributed by atoms with Gasteiger partial charge in [0.05, 0.1) is 34.1 Å². The van der Waals surface area contributed by atoms with Crippen LogP contribution in [0.5, 0.6) is 0 Å². The van der Waals surface area contributed by atoms with Crippen molar-refractivity contribution in [2.75, 3.05) is 10.6 Å². The summed E-state index contributed by atoms with van der Waals surface area (Å²) in [6, 6.07) is 7.52. The van der Waals surface area contributed by atoms with Crippen LogP contribution in [0.15, 0.2) is 18.3 Å². The third-order valence-corrected chi connectivity index (χ3v) is 4.91. The van der Waals surface area contributed by atoms with Gasteiger partial charge in [0.15, 0.2) is 17.2 Å². The van der Waals surface area contributed by atoms with Crippen molar-refractivity contribution in [2.45, 2.75) is 38.3 Å². The Kier molecular flexibility index (Phi) is 4.50. The van der Waals surface area contributed by atoms with Crippen LogP contribution in [0.3, 0.4) is 0 Å². The summed E-state index contributed by atoms with van der Waals surface area (Å²) in [6.07, 6.45) is 3.51. The molecule has 0 atom stereocenters. The zero-order chi connectivity index (χ0) is 20.8. The van der Waals surface area contributed by atoms with Gasteiger partial charge in [0, 0.05) is 11.6 Å². The first-order valence-electron chi connectivity index (χ1n) is 8.96. The van der Waals surface area contributed by atoms with E-state index in [9.17, 15) is 15.6 Å². The maximum atomic E-state index is 10.4. The lowest BCUT2D eigenvalue weighted by atomic mass is 9.95. The number of aliphatic hydroxyl groups is 1. The van der Waals surface area contributed by atoms with Crippen LogP contribution in [0.25, 0.3) is 5.65 Å². The van der Waals surface area contributed by atoms with Gasteiger partial charge in [-0.15, -0.1) is 5.10 Å². The number of anilines is 3. The van der Waals surface area contributed by atoms with E-state index in [2.05, 4.69) is 31.8 Å². The minimum absolute atomic E-state index is 0.175. The van der Waals surface area contributed by atoms with Crippen molar-refractivity contribution in [2.24, 2.45) is 0 Å². The normalized spacial score (nSPS) is 13.7. The van der Waals surface area contributed by atoms with Crippen LogP contribution in [-0.2, 0) is 5.60 Å². The van der Waals surface area contributed by atoms with Crippen LogP contribution in [-0.4, -0.2) is 30.7 Å². The van der Waals surface area contributed by atoms with Gasteiger partial charge < -0.3 is 15.7 Å². The van der Waals surface area contributed by atoms with E-state index in [1.807, 2.05) is 6.07 Å². The van der Waals surface area contributed by atoms with Gasteiger partial charge in [0.25, 0.3) is 0 Å². The standard InChI is InChI=1S/C19H17ClN8O/c1-19(2,29)13-5-10(7-21)6-14(15(13)20)25-18-26-16(24-11-3-4-11)17-23-9-12(8-22)28(17)27-18/h5-6,9,11,29H,3-4H2,1-2H3,(H2,24,25,26,27). The maximum absolute atomic E-state index is 10.4. The van der Waals surface area contributed by atoms with Crippen LogP contribution in [0, 0.1) is 22.7 Å². The van der Waals surface area contributed by atoms with Gasteiger partial charge >= 0.3 is 0 Å². The molecule has 29 heavy (non-hydrogen) atoms. The summed E-state index contributed by atoms with van der Waals surface area (Å²) in [5, 5.41) is 40.0. The molecule has 0 saturated heterocycles. The first-order chi connectivity index (χ1) is 13.8. The molecule has 0 radical (unpaired) electrons. The summed E-state index contributed by atoms with van der Waals surface area (Å²) >= 11 is 6.49. The lowest BCUT2D eigenvalue weighted by molar-refractivity contribution is 0.0787. The summed E-state index contributed by atoms with van der Waals surface area (Å²) in [7, 11) is 0. The van der Waals surface area contributed by atoms with E-state index in [0.717, 1.165) is 12.8 Å². The first kappa shape index (κ1) is 18.9. The summed E-state index contributed by atoms with van der Waals surface area (Å²) in [5.74, 6) is 0.676. The lowest BCUT2D eigenvalue weighted by Crippen LogP contribution is -2.17. The lowest BCUT2D eigenvalue weighted by Gasteiger charge is -2.21. The molecule has 9 nitrogen and oxygen atoms in total. The van der Waals surface area contributed by atoms with Crippen molar-refractivity contribution in [3.8, 4) is 12.1 Å². The van der Waals surface area contributed by atoms with E-state index in [1.54, 1.807) is 26.0 Å². The third kappa shape index (κ3) is 3.66. The molecule has 3 N–H and O–H groups in total. The SMILES string of the molecule is CC(C)(O)c1cc(C#N)cc(Nc2nc(NC3CC3)c3ncc(C#N)n3n2)c1Cl. The molecule has 146 valence electrons. The van der Waals surface area contributed by atoms with Crippen molar-refractivity contribution >= 4 is 34.7 Å². The highest BCUT2D eigenvalue weighted by atomic mass is 35.5. The van der Waals surface area contributed by atoms with Crippen molar-refractivity contribution < 1.29 is 5.11 Å². The number of aromatic nitrogens is 4. The fourth-order valence-electron chi connectivity index (χ4n) is 2.87. The van der Waals surface area contributed by atoms with Gasteiger partial charge in [-0.05, 0) is 38.8 Å². The number of nitriles is 2. The monoisotopic (exact) mass is 408 g/mol. The molecule has 0 spiro atoms.